The minimum absolute atomic E-state index is 0.629. The number of hydrogen-bond donors (Lipinski definition) is 0. The van der Waals surface area contributed by atoms with Crippen molar-refractivity contribution in [2.75, 3.05) is 0 Å². The first-order valence-corrected chi connectivity index (χ1v) is 19.4. The van der Waals surface area contributed by atoms with Crippen LogP contribution in [0.1, 0.15) is 28.0 Å². The molecule has 0 saturated heterocycles. The van der Waals surface area contributed by atoms with Gasteiger partial charge in [0.15, 0.2) is 17.5 Å². The van der Waals surface area contributed by atoms with E-state index in [1.807, 2.05) is 42.5 Å². The molecule has 2 aromatic heterocycles. The van der Waals surface area contributed by atoms with Crippen LogP contribution in [0.5, 0.6) is 0 Å². The second-order valence-electron chi connectivity index (χ2n) is 14.0. The average Bonchev–Trinajstić information content (AvgIpc) is 3.66. The van der Waals surface area contributed by atoms with Crippen LogP contribution in [0.4, 0.5) is 0 Å². The molecular weight excluding hydrogens is 687 g/mol. The van der Waals surface area contributed by atoms with E-state index in [4.69, 9.17) is 21.5 Å². The van der Waals surface area contributed by atoms with Gasteiger partial charge in [0.1, 0.15) is 0 Å². The quantitative estimate of drug-likeness (QED) is 0.154. The van der Waals surface area contributed by atoms with Gasteiger partial charge in [0, 0.05) is 37.2 Å². The monoisotopic (exact) mass is 721 g/mol. The highest BCUT2D eigenvalue weighted by atomic mass is 32.1. The molecule has 55 heavy (non-hydrogen) atoms. The van der Waals surface area contributed by atoms with E-state index >= 15 is 0 Å². The number of benzene rings is 7. The molecule has 10 rings (SSSR count). The largest absolute Gasteiger partial charge is 0.208 e. The van der Waals surface area contributed by atoms with Crippen LogP contribution in [-0.4, -0.2) is 15.0 Å². The van der Waals surface area contributed by atoms with E-state index in [-0.39, 0.29) is 0 Å². The SMILES string of the molecule is C=Cc1c(C(=C)C2=Cc3c(c4ccccc4c4ccccc34)CC2)sc2cccc(-c3nc(-c4ccccc4)nc(-c4ccc(-c5ccccc5)cc4)n3)c12. The topological polar surface area (TPSA) is 38.7 Å². The first kappa shape index (κ1) is 32.9. The van der Waals surface area contributed by atoms with Crippen molar-refractivity contribution in [3.8, 4) is 45.3 Å². The van der Waals surface area contributed by atoms with Gasteiger partial charge in [0.25, 0.3) is 0 Å². The number of aromatic nitrogens is 3. The molecule has 0 fully saturated rings. The van der Waals surface area contributed by atoms with Gasteiger partial charge in [-0.15, -0.1) is 11.3 Å². The molecule has 4 heteroatoms. The van der Waals surface area contributed by atoms with E-state index in [2.05, 4.69) is 128 Å². The Hall–Kier alpha value is -6.75. The highest BCUT2D eigenvalue weighted by Crippen LogP contribution is 2.46. The Morgan fingerprint density at radius 1 is 0.527 bits per heavy atom. The molecular formula is C51H35N3S. The van der Waals surface area contributed by atoms with E-state index < -0.39 is 0 Å². The molecule has 7 aromatic carbocycles. The van der Waals surface area contributed by atoms with Gasteiger partial charge in [-0.1, -0.05) is 171 Å². The summed E-state index contributed by atoms with van der Waals surface area (Å²) < 4.78 is 1.15. The molecule has 0 unspecified atom stereocenters. The zero-order chi connectivity index (χ0) is 36.9. The van der Waals surface area contributed by atoms with Gasteiger partial charge in [-0.25, -0.2) is 15.0 Å². The van der Waals surface area contributed by atoms with Crippen molar-refractivity contribution in [2.24, 2.45) is 0 Å². The third-order valence-corrected chi connectivity index (χ3v) is 12.1. The summed E-state index contributed by atoms with van der Waals surface area (Å²) in [6.45, 7) is 9.10. The van der Waals surface area contributed by atoms with Crippen molar-refractivity contribution in [1.82, 2.24) is 15.0 Å². The van der Waals surface area contributed by atoms with Gasteiger partial charge in [0.05, 0.1) is 0 Å². The zero-order valence-corrected chi connectivity index (χ0v) is 31.0. The number of aryl methyl sites for hydroxylation is 1. The molecule has 260 valence electrons. The maximum Gasteiger partial charge on any atom is 0.164 e. The summed E-state index contributed by atoms with van der Waals surface area (Å²) in [5, 5.41) is 6.33. The lowest BCUT2D eigenvalue weighted by Gasteiger charge is -2.22. The first-order chi connectivity index (χ1) is 27.1. The Bertz CT molecular complexity index is 2990. The molecule has 0 bridgehead atoms. The van der Waals surface area contributed by atoms with Crippen molar-refractivity contribution in [3.63, 3.8) is 0 Å². The molecule has 9 aromatic rings. The lowest BCUT2D eigenvalue weighted by atomic mass is 9.82. The van der Waals surface area contributed by atoms with Crippen LogP contribution in [0, 0.1) is 0 Å². The van der Waals surface area contributed by atoms with Gasteiger partial charge >= 0.3 is 0 Å². The predicted molar refractivity (Wildman–Crippen MR) is 234 cm³/mol. The van der Waals surface area contributed by atoms with Crippen molar-refractivity contribution in [1.29, 1.82) is 0 Å². The maximum absolute atomic E-state index is 5.16. The second-order valence-corrected chi connectivity index (χ2v) is 15.0. The third-order valence-electron chi connectivity index (χ3n) is 10.8. The Morgan fingerprint density at radius 3 is 1.76 bits per heavy atom. The van der Waals surface area contributed by atoms with Crippen LogP contribution in [0.2, 0.25) is 0 Å². The second kappa shape index (κ2) is 13.6. The summed E-state index contributed by atoms with van der Waals surface area (Å²) in [6.07, 6.45) is 6.26. The summed E-state index contributed by atoms with van der Waals surface area (Å²) in [4.78, 5) is 16.4. The summed E-state index contributed by atoms with van der Waals surface area (Å²) >= 11 is 1.76. The van der Waals surface area contributed by atoms with Gasteiger partial charge < -0.3 is 0 Å². The highest BCUT2D eigenvalue weighted by Gasteiger charge is 2.24. The molecule has 0 radical (unpaired) electrons. The Balaban J connectivity index is 1.10. The van der Waals surface area contributed by atoms with Crippen molar-refractivity contribution in [3.05, 3.63) is 192 Å². The van der Waals surface area contributed by atoms with Crippen molar-refractivity contribution < 1.29 is 0 Å². The molecule has 0 saturated carbocycles. The van der Waals surface area contributed by atoms with Gasteiger partial charge in [-0.2, -0.15) is 0 Å². The number of thiophene rings is 1. The van der Waals surface area contributed by atoms with Gasteiger partial charge in [0.2, 0.25) is 0 Å². The summed E-state index contributed by atoms with van der Waals surface area (Å²) in [5.74, 6) is 1.89. The molecule has 1 aliphatic carbocycles. The summed E-state index contributed by atoms with van der Waals surface area (Å²) in [5.41, 5.74) is 11.2. The van der Waals surface area contributed by atoms with Gasteiger partial charge in [-0.05, 0) is 73.9 Å². The summed E-state index contributed by atoms with van der Waals surface area (Å²) in [7, 11) is 0. The van der Waals surface area contributed by atoms with Crippen LogP contribution in [0.15, 0.2) is 170 Å². The first-order valence-electron chi connectivity index (χ1n) is 18.6. The van der Waals surface area contributed by atoms with Gasteiger partial charge in [-0.3, -0.25) is 0 Å². The fourth-order valence-electron chi connectivity index (χ4n) is 8.13. The Morgan fingerprint density at radius 2 is 1.07 bits per heavy atom. The standard InChI is InChI=1S/C51H35N3S/c1-3-38-47-44(51-53-49(35-17-8-5-9-18-35)52-50(54-51)36-27-25-34(26-28-36)33-15-6-4-7-16-33)23-14-24-46(47)55-48(38)32(2)37-29-30-43-41-21-11-10-19-39(41)40-20-12-13-22-42(40)45(43)31-37/h3-28,31H,1-2,29-30H2. The molecule has 0 spiro atoms. The van der Waals surface area contributed by atoms with Crippen LogP contribution >= 0.6 is 11.3 Å². The molecule has 0 amide bonds. The predicted octanol–water partition coefficient (Wildman–Crippen LogP) is 13.7. The van der Waals surface area contributed by atoms with E-state index in [0.29, 0.717) is 17.5 Å². The molecule has 0 atom stereocenters. The van der Waals surface area contributed by atoms with Crippen molar-refractivity contribution in [2.45, 2.75) is 12.8 Å². The average molecular weight is 722 g/mol. The van der Waals surface area contributed by atoms with E-state index in [0.717, 1.165) is 61.2 Å². The molecule has 2 heterocycles. The minimum Gasteiger partial charge on any atom is -0.208 e. The minimum atomic E-state index is 0.629. The van der Waals surface area contributed by atoms with E-state index in [9.17, 15) is 0 Å². The lowest BCUT2D eigenvalue weighted by molar-refractivity contribution is 0.969. The number of rotatable bonds is 7. The summed E-state index contributed by atoms with van der Waals surface area (Å²) in [6, 6.07) is 53.0. The van der Waals surface area contributed by atoms with E-state index in [1.165, 1.54) is 43.8 Å². The van der Waals surface area contributed by atoms with Crippen molar-refractivity contribution >= 4 is 60.7 Å². The third kappa shape index (κ3) is 5.70. The molecule has 0 N–H and O–H groups in total. The number of hydrogen-bond acceptors (Lipinski definition) is 4. The van der Waals surface area contributed by atoms with Crippen LogP contribution < -0.4 is 0 Å². The number of nitrogens with zero attached hydrogens (tertiary/aromatic N) is 3. The Labute approximate surface area is 324 Å². The lowest BCUT2D eigenvalue weighted by Crippen LogP contribution is -2.03. The normalized spacial score (nSPS) is 12.5. The van der Waals surface area contributed by atoms with Crippen LogP contribution in [0.3, 0.4) is 0 Å². The zero-order valence-electron chi connectivity index (χ0n) is 30.2. The number of allylic oxidation sites excluding steroid dienone is 2. The molecule has 1 aliphatic rings. The number of fused-ring (bicyclic) bond motifs is 7. The van der Waals surface area contributed by atoms with E-state index in [1.54, 1.807) is 11.3 Å². The smallest absolute Gasteiger partial charge is 0.164 e. The fourth-order valence-corrected chi connectivity index (χ4v) is 9.37. The molecule has 3 nitrogen and oxygen atoms in total. The molecule has 0 aliphatic heterocycles. The van der Waals surface area contributed by atoms with Crippen LogP contribution in [0.25, 0.3) is 94.6 Å². The van der Waals surface area contributed by atoms with Crippen LogP contribution in [-0.2, 0) is 6.42 Å². The maximum atomic E-state index is 5.16. The fraction of sp³-hybridized carbons (Fsp3) is 0.0392. The Kier molecular flexibility index (Phi) is 8.12. The highest BCUT2D eigenvalue weighted by molar-refractivity contribution is 7.20.